The summed E-state index contributed by atoms with van der Waals surface area (Å²) >= 11 is 0. The summed E-state index contributed by atoms with van der Waals surface area (Å²) in [5, 5.41) is 0. The van der Waals surface area contributed by atoms with Gasteiger partial charge in [0.15, 0.2) is 11.5 Å². The molecule has 2 heterocycles. The SMILES string of the molecule is [c]1cc2c(cn1)OCO2. The van der Waals surface area contributed by atoms with E-state index in [1.54, 1.807) is 12.3 Å². The van der Waals surface area contributed by atoms with Gasteiger partial charge >= 0.3 is 0 Å². The predicted octanol–water partition coefficient (Wildman–Crippen LogP) is 0.610. The molecule has 0 aromatic carbocycles. The molecule has 0 aliphatic carbocycles. The zero-order valence-corrected chi connectivity index (χ0v) is 4.63. The molecule has 0 N–H and O–H groups in total. The van der Waals surface area contributed by atoms with Gasteiger partial charge < -0.3 is 9.47 Å². The third-order valence-corrected chi connectivity index (χ3v) is 1.12. The Labute approximate surface area is 52.2 Å². The Morgan fingerprint density at radius 2 is 2.33 bits per heavy atom. The van der Waals surface area contributed by atoms with Crippen molar-refractivity contribution >= 4 is 0 Å². The summed E-state index contributed by atoms with van der Waals surface area (Å²) in [5.41, 5.74) is 0. The molecule has 3 heteroatoms. The highest BCUT2D eigenvalue weighted by molar-refractivity contribution is 5.37. The number of aromatic nitrogens is 1. The molecule has 0 amide bonds. The molecule has 0 unspecified atom stereocenters. The van der Waals surface area contributed by atoms with Gasteiger partial charge in [0.2, 0.25) is 6.79 Å². The van der Waals surface area contributed by atoms with Gasteiger partial charge in [0, 0.05) is 6.07 Å². The molecule has 2 rings (SSSR count). The fraction of sp³-hybridized carbons (Fsp3) is 0.167. The minimum absolute atomic E-state index is 0.300. The molecule has 1 aliphatic heterocycles. The Hall–Kier alpha value is -1.25. The van der Waals surface area contributed by atoms with Crippen molar-refractivity contribution in [3.8, 4) is 11.5 Å². The van der Waals surface area contributed by atoms with Crippen LogP contribution in [0.5, 0.6) is 11.5 Å². The molecule has 0 atom stereocenters. The Balaban J connectivity index is 2.54. The van der Waals surface area contributed by atoms with Crippen LogP contribution in [0.25, 0.3) is 0 Å². The summed E-state index contributed by atoms with van der Waals surface area (Å²) in [6, 6.07) is 1.66. The highest BCUT2D eigenvalue weighted by atomic mass is 16.7. The van der Waals surface area contributed by atoms with Crippen molar-refractivity contribution < 1.29 is 9.47 Å². The van der Waals surface area contributed by atoms with E-state index in [4.69, 9.17) is 9.47 Å². The van der Waals surface area contributed by atoms with Gasteiger partial charge in [-0.25, -0.2) is 0 Å². The lowest BCUT2D eigenvalue weighted by atomic mass is 10.4. The van der Waals surface area contributed by atoms with Gasteiger partial charge in [-0.3, -0.25) is 4.98 Å². The van der Waals surface area contributed by atoms with E-state index >= 15 is 0 Å². The van der Waals surface area contributed by atoms with E-state index < -0.39 is 0 Å². The van der Waals surface area contributed by atoms with Crippen LogP contribution in [-0.4, -0.2) is 11.8 Å². The van der Waals surface area contributed by atoms with E-state index in [1.807, 2.05) is 0 Å². The number of rotatable bonds is 0. The maximum atomic E-state index is 5.00. The minimum Gasteiger partial charge on any atom is -0.453 e. The molecule has 3 nitrogen and oxygen atoms in total. The molecular weight excluding hydrogens is 118 g/mol. The molecule has 0 bridgehead atoms. The highest BCUT2D eigenvalue weighted by Crippen LogP contribution is 2.28. The first-order valence-electron chi connectivity index (χ1n) is 2.58. The molecule has 1 aliphatic rings. The Morgan fingerprint density at radius 1 is 1.44 bits per heavy atom. The second-order valence-electron chi connectivity index (χ2n) is 1.67. The summed E-state index contributed by atoms with van der Waals surface area (Å²) in [4.78, 5) is 3.73. The summed E-state index contributed by atoms with van der Waals surface area (Å²) in [6.07, 6.45) is 4.22. The standard InChI is InChI=1S/C6H4NO2/c1-2-7-3-6-5(1)8-4-9-6/h1,3H,4H2. The van der Waals surface area contributed by atoms with Crippen molar-refractivity contribution in [3.05, 3.63) is 18.5 Å². The summed E-state index contributed by atoms with van der Waals surface area (Å²) in [7, 11) is 0. The highest BCUT2D eigenvalue weighted by Gasteiger charge is 2.10. The zero-order valence-electron chi connectivity index (χ0n) is 4.63. The maximum absolute atomic E-state index is 5.00. The molecule has 45 valence electrons. The minimum atomic E-state index is 0.300. The zero-order chi connectivity index (χ0) is 6.10. The first kappa shape index (κ1) is 4.61. The van der Waals surface area contributed by atoms with Crippen molar-refractivity contribution in [1.29, 1.82) is 0 Å². The van der Waals surface area contributed by atoms with E-state index in [1.165, 1.54) is 0 Å². The fourth-order valence-electron chi connectivity index (χ4n) is 0.704. The van der Waals surface area contributed by atoms with Crippen molar-refractivity contribution in [2.75, 3.05) is 6.79 Å². The number of pyridine rings is 1. The van der Waals surface area contributed by atoms with Crippen LogP contribution in [0, 0.1) is 6.20 Å². The van der Waals surface area contributed by atoms with E-state index in [0.29, 0.717) is 12.5 Å². The van der Waals surface area contributed by atoms with E-state index in [9.17, 15) is 0 Å². The normalized spacial score (nSPS) is 13.8. The van der Waals surface area contributed by atoms with Crippen molar-refractivity contribution in [2.24, 2.45) is 0 Å². The number of ether oxygens (including phenoxy) is 2. The van der Waals surface area contributed by atoms with Crippen LogP contribution in [0.1, 0.15) is 0 Å². The lowest BCUT2D eigenvalue weighted by Crippen LogP contribution is -1.92. The van der Waals surface area contributed by atoms with Gasteiger partial charge in [-0.15, -0.1) is 0 Å². The van der Waals surface area contributed by atoms with E-state index in [-0.39, 0.29) is 0 Å². The lowest BCUT2D eigenvalue weighted by molar-refractivity contribution is 0.174. The smallest absolute Gasteiger partial charge is 0.231 e. The van der Waals surface area contributed by atoms with Crippen LogP contribution >= 0.6 is 0 Å². The van der Waals surface area contributed by atoms with Crippen LogP contribution in [0.2, 0.25) is 0 Å². The quantitative estimate of drug-likeness (QED) is 0.505. The Kier molecular flexibility index (Phi) is 0.828. The molecule has 0 saturated carbocycles. The number of nitrogens with zero attached hydrogens (tertiary/aromatic N) is 1. The molecule has 0 fully saturated rings. The average molecular weight is 122 g/mol. The number of hydrogen-bond acceptors (Lipinski definition) is 3. The van der Waals surface area contributed by atoms with Gasteiger partial charge in [0.05, 0.1) is 12.4 Å². The fourth-order valence-corrected chi connectivity index (χ4v) is 0.704. The number of hydrogen-bond donors (Lipinski definition) is 0. The molecular formula is C6H4NO2. The van der Waals surface area contributed by atoms with E-state index in [0.717, 1.165) is 5.75 Å². The van der Waals surface area contributed by atoms with Crippen molar-refractivity contribution in [1.82, 2.24) is 4.98 Å². The first-order chi connectivity index (χ1) is 4.47. The van der Waals surface area contributed by atoms with Gasteiger partial charge in [0.25, 0.3) is 0 Å². The second kappa shape index (κ2) is 1.62. The van der Waals surface area contributed by atoms with Crippen molar-refractivity contribution in [2.45, 2.75) is 0 Å². The van der Waals surface area contributed by atoms with Crippen molar-refractivity contribution in [3.63, 3.8) is 0 Å². The second-order valence-corrected chi connectivity index (χ2v) is 1.67. The predicted molar refractivity (Wildman–Crippen MR) is 29.2 cm³/mol. The monoisotopic (exact) mass is 122 g/mol. The van der Waals surface area contributed by atoms with Crippen LogP contribution in [0.15, 0.2) is 12.3 Å². The van der Waals surface area contributed by atoms with Crippen LogP contribution in [-0.2, 0) is 0 Å². The molecule has 1 radical (unpaired) electrons. The molecule has 0 spiro atoms. The third kappa shape index (κ3) is 0.614. The Morgan fingerprint density at radius 3 is 3.22 bits per heavy atom. The summed E-state index contributed by atoms with van der Waals surface area (Å²) in [6.45, 7) is 0.300. The largest absolute Gasteiger partial charge is 0.453 e. The lowest BCUT2D eigenvalue weighted by Gasteiger charge is -1.88. The molecule has 9 heavy (non-hydrogen) atoms. The third-order valence-electron chi connectivity index (χ3n) is 1.12. The van der Waals surface area contributed by atoms with Crippen LogP contribution in [0.3, 0.4) is 0 Å². The Bertz CT molecular complexity index is 201. The molecule has 0 saturated heterocycles. The average Bonchev–Trinajstić information content (AvgIpc) is 2.33. The van der Waals surface area contributed by atoms with Gasteiger partial charge in [-0.1, -0.05) is 0 Å². The van der Waals surface area contributed by atoms with Gasteiger partial charge in [-0.05, 0) is 0 Å². The van der Waals surface area contributed by atoms with Gasteiger partial charge in [-0.2, -0.15) is 0 Å². The topological polar surface area (TPSA) is 31.4 Å². The summed E-state index contributed by atoms with van der Waals surface area (Å²) < 4.78 is 10.00. The molecule has 1 aromatic heterocycles. The summed E-state index contributed by atoms with van der Waals surface area (Å²) in [5.74, 6) is 1.43. The number of fused-ring (bicyclic) bond motifs is 1. The molecule has 1 aromatic rings. The van der Waals surface area contributed by atoms with Gasteiger partial charge in [0.1, 0.15) is 0 Å². The first-order valence-corrected chi connectivity index (χ1v) is 2.58. The van der Waals surface area contributed by atoms with Crippen LogP contribution in [0.4, 0.5) is 0 Å². The maximum Gasteiger partial charge on any atom is 0.231 e. The van der Waals surface area contributed by atoms with Crippen LogP contribution < -0.4 is 9.47 Å². The van der Waals surface area contributed by atoms with E-state index in [2.05, 4.69) is 11.2 Å².